The van der Waals surface area contributed by atoms with Crippen LogP contribution >= 0.6 is 23.2 Å². The molecule has 0 aliphatic rings. The standard InChI is InChI=1S/C36H36Cl2F3N3O4S/c1-24-10-17-29(18-11-24)49(47,48)44(28-16-19-31(38)30(21-28)36(39,40)41)23-33(45)43(22-26-12-14-27(37)15-13-26)32(34(46)42-35(2,3)4)20-25-8-6-5-7-9-25/h5-19,21,32H,20,22-23H2,1-4H3,(H,42,46). The molecule has 0 saturated carbocycles. The van der Waals surface area contributed by atoms with E-state index in [9.17, 15) is 31.2 Å². The Morgan fingerprint density at radius 3 is 2.02 bits per heavy atom. The van der Waals surface area contributed by atoms with Gasteiger partial charge in [-0.15, -0.1) is 0 Å². The van der Waals surface area contributed by atoms with E-state index in [4.69, 9.17) is 23.2 Å². The van der Waals surface area contributed by atoms with Crippen LogP contribution in [0.15, 0.2) is 102 Å². The van der Waals surface area contributed by atoms with E-state index in [2.05, 4.69) is 5.32 Å². The zero-order valence-corrected chi connectivity index (χ0v) is 29.6. The van der Waals surface area contributed by atoms with Gasteiger partial charge in [-0.3, -0.25) is 13.9 Å². The Balaban J connectivity index is 1.88. The van der Waals surface area contributed by atoms with Crippen molar-refractivity contribution in [2.24, 2.45) is 0 Å². The van der Waals surface area contributed by atoms with Crippen LogP contribution < -0.4 is 9.62 Å². The van der Waals surface area contributed by atoms with Gasteiger partial charge in [-0.2, -0.15) is 13.2 Å². The van der Waals surface area contributed by atoms with E-state index in [0.717, 1.165) is 23.3 Å². The zero-order chi connectivity index (χ0) is 36.1. The average Bonchev–Trinajstić information content (AvgIpc) is 3.02. The lowest BCUT2D eigenvalue weighted by molar-refractivity contribution is -0.140. The number of aryl methyl sites for hydroxylation is 1. The number of hydrogen-bond donors (Lipinski definition) is 1. The van der Waals surface area contributed by atoms with Gasteiger partial charge in [-0.05, 0) is 81.3 Å². The van der Waals surface area contributed by atoms with Gasteiger partial charge in [0.15, 0.2) is 0 Å². The molecule has 0 aliphatic heterocycles. The highest BCUT2D eigenvalue weighted by molar-refractivity contribution is 7.92. The SMILES string of the molecule is Cc1ccc(S(=O)(=O)N(CC(=O)N(Cc2ccc(Cl)cc2)C(Cc2ccccc2)C(=O)NC(C)(C)C)c2ccc(Cl)c(C(F)(F)F)c2)cc1. The molecule has 0 fully saturated rings. The fourth-order valence-electron chi connectivity index (χ4n) is 5.05. The molecular weight excluding hydrogens is 698 g/mol. The van der Waals surface area contributed by atoms with E-state index in [0.29, 0.717) is 21.0 Å². The number of benzene rings is 4. The number of alkyl halides is 3. The largest absolute Gasteiger partial charge is 0.417 e. The lowest BCUT2D eigenvalue weighted by atomic mass is 10.0. The highest BCUT2D eigenvalue weighted by Gasteiger charge is 2.38. The summed E-state index contributed by atoms with van der Waals surface area (Å²) in [6, 6.07) is 22.7. The lowest BCUT2D eigenvalue weighted by Crippen LogP contribution is -2.56. The summed E-state index contributed by atoms with van der Waals surface area (Å²) in [5, 5.41) is 2.72. The first-order chi connectivity index (χ1) is 22.8. The van der Waals surface area contributed by atoms with Crippen LogP contribution in [0.5, 0.6) is 0 Å². The summed E-state index contributed by atoms with van der Waals surface area (Å²) in [6.45, 7) is 6.02. The number of nitrogens with zero attached hydrogens (tertiary/aromatic N) is 2. The second kappa shape index (κ2) is 15.2. The van der Waals surface area contributed by atoms with Gasteiger partial charge in [0.2, 0.25) is 11.8 Å². The molecule has 1 unspecified atom stereocenters. The molecule has 4 aromatic rings. The average molecular weight is 735 g/mol. The number of amides is 2. The molecule has 13 heteroatoms. The highest BCUT2D eigenvalue weighted by Crippen LogP contribution is 2.38. The maximum absolute atomic E-state index is 14.5. The van der Waals surface area contributed by atoms with Crippen LogP contribution in [0.2, 0.25) is 10.0 Å². The summed E-state index contributed by atoms with van der Waals surface area (Å²) >= 11 is 12.0. The molecule has 7 nitrogen and oxygen atoms in total. The molecule has 2 amide bonds. The Morgan fingerprint density at radius 2 is 1.45 bits per heavy atom. The minimum absolute atomic E-state index is 0.0615. The molecule has 0 spiro atoms. The summed E-state index contributed by atoms with van der Waals surface area (Å²) in [7, 11) is -4.63. The number of sulfonamides is 1. The number of carbonyl (C=O) groups excluding carboxylic acids is 2. The van der Waals surface area contributed by atoms with Crippen molar-refractivity contribution >= 4 is 50.7 Å². The smallest absolute Gasteiger partial charge is 0.350 e. The van der Waals surface area contributed by atoms with E-state index < -0.39 is 62.4 Å². The third-order valence-corrected chi connectivity index (χ3v) is 9.84. The minimum atomic E-state index is -4.91. The van der Waals surface area contributed by atoms with Crippen LogP contribution in [-0.4, -0.2) is 43.3 Å². The van der Waals surface area contributed by atoms with Crippen molar-refractivity contribution in [2.45, 2.75) is 63.3 Å². The summed E-state index contributed by atoms with van der Waals surface area (Å²) in [5.74, 6) is -1.34. The van der Waals surface area contributed by atoms with E-state index in [1.807, 2.05) is 0 Å². The van der Waals surface area contributed by atoms with E-state index in [1.165, 1.54) is 29.2 Å². The molecule has 0 radical (unpaired) electrons. The second-order valence-corrected chi connectivity index (χ2v) is 15.3. The van der Waals surface area contributed by atoms with E-state index in [1.54, 1.807) is 82.3 Å². The van der Waals surface area contributed by atoms with Gasteiger partial charge in [0.25, 0.3) is 10.0 Å². The van der Waals surface area contributed by atoms with Crippen molar-refractivity contribution in [3.05, 3.63) is 129 Å². The van der Waals surface area contributed by atoms with Gasteiger partial charge < -0.3 is 10.2 Å². The molecule has 0 saturated heterocycles. The topological polar surface area (TPSA) is 86.8 Å². The lowest BCUT2D eigenvalue weighted by Gasteiger charge is -2.35. The van der Waals surface area contributed by atoms with Gasteiger partial charge in [0.1, 0.15) is 12.6 Å². The number of rotatable bonds is 11. The van der Waals surface area contributed by atoms with Crippen molar-refractivity contribution in [1.29, 1.82) is 0 Å². The molecular formula is C36H36Cl2F3N3O4S. The normalized spacial score (nSPS) is 12.7. The summed E-state index contributed by atoms with van der Waals surface area (Å²) in [4.78, 5) is 29.5. The van der Waals surface area contributed by atoms with Crippen molar-refractivity contribution < 1.29 is 31.2 Å². The van der Waals surface area contributed by atoms with E-state index >= 15 is 0 Å². The Labute approximate surface area is 294 Å². The van der Waals surface area contributed by atoms with Crippen LogP contribution in [0.25, 0.3) is 0 Å². The summed E-state index contributed by atoms with van der Waals surface area (Å²) in [5.41, 5.74) is -0.349. The zero-order valence-electron chi connectivity index (χ0n) is 27.3. The van der Waals surface area contributed by atoms with Gasteiger partial charge in [-0.25, -0.2) is 8.42 Å². The predicted molar refractivity (Wildman–Crippen MR) is 186 cm³/mol. The molecule has 0 heterocycles. The molecule has 4 aromatic carbocycles. The molecule has 4 rings (SSSR count). The van der Waals surface area contributed by atoms with E-state index in [-0.39, 0.29) is 17.9 Å². The Bertz CT molecular complexity index is 1880. The fraction of sp³-hybridized carbons (Fsp3) is 0.278. The minimum Gasteiger partial charge on any atom is -0.350 e. The molecule has 0 bridgehead atoms. The third kappa shape index (κ3) is 9.99. The molecule has 49 heavy (non-hydrogen) atoms. The van der Waals surface area contributed by atoms with Crippen molar-refractivity contribution in [1.82, 2.24) is 10.2 Å². The number of anilines is 1. The second-order valence-electron chi connectivity index (χ2n) is 12.6. The van der Waals surface area contributed by atoms with Gasteiger partial charge in [-0.1, -0.05) is 83.4 Å². The Hall–Kier alpha value is -4.06. The molecule has 1 N–H and O–H groups in total. The predicted octanol–water partition coefficient (Wildman–Crippen LogP) is 8.07. The fourth-order valence-corrected chi connectivity index (χ4v) is 6.80. The van der Waals surface area contributed by atoms with Gasteiger partial charge in [0, 0.05) is 23.5 Å². The molecule has 260 valence electrons. The first-order valence-corrected chi connectivity index (χ1v) is 17.4. The first kappa shape index (κ1) is 37.8. The molecule has 0 aromatic heterocycles. The summed E-state index contributed by atoms with van der Waals surface area (Å²) in [6.07, 6.45) is -4.85. The maximum Gasteiger partial charge on any atom is 0.417 e. The van der Waals surface area contributed by atoms with Crippen LogP contribution in [0.1, 0.15) is 43.0 Å². The molecule has 1 atom stereocenters. The molecule has 0 aliphatic carbocycles. The highest BCUT2D eigenvalue weighted by atomic mass is 35.5. The van der Waals surface area contributed by atoms with Crippen LogP contribution in [-0.2, 0) is 38.8 Å². The first-order valence-electron chi connectivity index (χ1n) is 15.2. The maximum atomic E-state index is 14.5. The van der Waals surface area contributed by atoms with Crippen LogP contribution in [0.4, 0.5) is 18.9 Å². The number of nitrogens with one attached hydrogen (secondary N) is 1. The number of hydrogen-bond acceptors (Lipinski definition) is 4. The van der Waals surface area contributed by atoms with Crippen molar-refractivity contribution in [3.63, 3.8) is 0 Å². The number of halogens is 5. The van der Waals surface area contributed by atoms with Crippen molar-refractivity contribution in [2.75, 3.05) is 10.8 Å². The van der Waals surface area contributed by atoms with Crippen LogP contribution in [0, 0.1) is 6.92 Å². The van der Waals surface area contributed by atoms with Gasteiger partial charge in [0.05, 0.1) is 21.2 Å². The quantitative estimate of drug-likeness (QED) is 0.169. The Kier molecular flexibility index (Phi) is 11.7. The number of carbonyl (C=O) groups is 2. The van der Waals surface area contributed by atoms with Crippen LogP contribution in [0.3, 0.4) is 0 Å². The van der Waals surface area contributed by atoms with Gasteiger partial charge >= 0.3 is 6.18 Å². The summed E-state index contributed by atoms with van der Waals surface area (Å²) < 4.78 is 70.9. The third-order valence-electron chi connectivity index (χ3n) is 7.47. The monoisotopic (exact) mass is 733 g/mol. The Morgan fingerprint density at radius 1 is 0.837 bits per heavy atom. The van der Waals surface area contributed by atoms with Crippen molar-refractivity contribution in [3.8, 4) is 0 Å².